The van der Waals surface area contributed by atoms with E-state index in [-0.39, 0.29) is 0 Å². The largest absolute Gasteiger partial charge is 0.373 e. The monoisotopic (exact) mass is 263 g/mol. The van der Waals surface area contributed by atoms with E-state index in [2.05, 4.69) is 20.6 Å². The molecule has 0 aromatic carbocycles. The molecule has 0 amide bonds. The maximum absolute atomic E-state index is 5.84. The second-order valence-corrected chi connectivity index (χ2v) is 5.24. The van der Waals surface area contributed by atoms with Gasteiger partial charge in [-0.2, -0.15) is 0 Å². The molecule has 19 heavy (non-hydrogen) atoms. The summed E-state index contributed by atoms with van der Waals surface area (Å²) in [6.07, 6.45) is 8.02. The number of hydrogen-bond donors (Lipinski definition) is 2. The first-order valence-corrected chi connectivity index (χ1v) is 6.85. The van der Waals surface area contributed by atoms with Crippen molar-refractivity contribution >= 4 is 5.96 Å². The van der Waals surface area contributed by atoms with Crippen LogP contribution in [-0.4, -0.2) is 40.8 Å². The second-order valence-electron chi connectivity index (χ2n) is 5.24. The molecular formula is C13H21N5O. The fourth-order valence-electron chi connectivity index (χ4n) is 2.89. The molecule has 1 aromatic heterocycles. The van der Waals surface area contributed by atoms with E-state index in [1.165, 1.54) is 12.8 Å². The zero-order valence-corrected chi connectivity index (χ0v) is 11.5. The van der Waals surface area contributed by atoms with E-state index in [0.717, 1.165) is 18.2 Å². The molecule has 3 rings (SSSR count). The van der Waals surface area contributed by atoms with Gasteiger partial charge in [-0.3, -0.25) is 4.99 Å². The molecule has 2 saturated heterocycles. The lowest BCUT2D eigenvalue weighted by Crippen LogP contribution is -2.47. The van der Waals surface area contributed by atoms with Crippen LogP contribution in [-0.2, 0) is 18.3 Å². The van der Waals surface area contributed by atoms with Crippen LogP contribution in [0.15, 0.2) is 17.4 Å². The number of fused-ring (bicyclic) bond motifs is 2. The SMILES string of the molecule is CN=C(NCc1nccn1C)NC1CC2CCC1O2. The molecule has 2 N–H and O–H groups in total. The summed E-state index contributed by atoms with van der Waals surface area (Å²) < 4.78 is 7.84. The quantitative estimate of drug-likeness (QED) is 0.612. The number of imidazole rings is 1. The summed E-state index contributed by atoms with van der Waals surface area (Å²) in [6, 6.07) is 0.395. The number of nitrogens with zero attached hydrogens (tertiary/aromatic N) is 3. The summed E-state index contributed by atoms with van der Waals surface area (Å²) in [6.45, 7) is 0.671. The second kappa shape index (κ2) is 5.21. The zero-order valence-electron chi connectivity index (χ0n) is 11.5. The van der Waals surface area contributed by atoms with Crippen molar-refractivity contribution in [2.24, 2.45) is 12.0 Å². The summed E-state index contributed by atoms with van der Waals surface area (Å²) in [4.78, 5) is 8.55. The minimum atomic E-state index is 0.358. The van der Waals surface area contributed by atoms with Gasteiger partial charge in [-0.15, -0.1) is 0 Å². The van der Waals surface area contributed by atoms with E-state index in [1.807, 2.05) is 17.8 Å². The van der Waals surface area contributed by atoms with E-state index in [1.54, 1.807) is 13.2 Å². The molecule has 0 spiro atoms. The summed E-state index contributed by atoms with van der Waals surface area (Å²) in [5.41, 5.74) is 0. The van der Waals surface area contributed by atoms with Gasteiger partial charge >= 0.3 is 0 Å². The minimum absolute atomic E-state index is 0.358. The van der Waals surface area contributed by atoms with Crippen LogP contribution in [0.5, 0.6) is 0 Å². The van der Waals surface area contributed by atoms with Crippen molar-refractivity contribution in [3.8, 4) is 0 Å². The molecule has 3 unspecified atom stereocenters. The van der Waals surface area contributed by atoms with E-state index in [9.17, 15) is 0 Å². The van der Waals surface area contributed by atoms with E-state index in [4.69, 9.17) is 4.74 Å². The maximum atomic E-state index is 5.84. The smallest absolute Gasteiger partial charge is 0.191 e. The number of aromatic nitrogens is 2. The van der Waals surface area contributed by atoms with Crippen molar-refractivity contribution in [1.29, 1.82) is 0 Å². The van der Waals surface area contributed by atoms with Gasteiger partial charge in [0.05, 0.1) is 24.8 Å². The van der Waals surface area contributed by atoms with Gasteiger partial charge in [0.25, 0.3) is 0 Å². The van der Waals surface area contributed by atoms with Gasteiger partial charge in [0.1, 0.15) is 5.82 Å². The van der Waals surface area contributed by atoms with Crippen LogP contribution in [0.2, 0.25) is 0 Å². The first-order chi connectivity index (χ1) is 9.26. The van der Waals surface area contributed by atoms with Crippen LogP contribution in [0.1, 0.15) is 25.1 Å². The highest BCUT2D eigenvalue weighted by Gasteiger charge is 2.41. The molecule has 2 aliphatic rings. The first-order valence-electron chi connectivity index (χ1n) is 6.85. The predicted octanol–water partition coefficient (Wildman–Crippen LogP) is 0.405. The van der Waals surface area contributed by atoms with E-state index in [0.29, 0.717) is 24.8 Å². The first kappa shape index (κ1) is 12.5. The van der Waals surface area contributed by atoms with Gasteiger partial charge in [0.2, 0.25) is 0 Å². The Morgan fingerprint density at radius 3 is 3.05 bits per heavy atom. The van der Waals surface area contributed by atoms with Crippen molar-refractivity contribution in [2.45, 2.75) is 44.1 Å². The van der Waals surface area contributed by atoms with Crippen molar-refractivity contribution in [3.63, 3.8) is 0 Å². The third kappa shape index (κ3) is 2.58. The zero-order chi connectivity index (χ0) is 13.2. The third-order valence-corrected chi connectivity index (χ3v) is 3.99. The van der Waals surface area contributed by atoms with Gasteiger partial charge < -0.3 is 19.9 Å². The number of guanidine groups is 1. The fourth-order valence-corrected chi connectivity index (χ4v) is 2.89. The molecule has 1 aromatic rings. The molecular weight excluding hydrogens is 242 g/mol. The van der Waals surface area contributed by atoms with E-state index < -0.39 is 0 Å². The molecule has 0 aliphatic carbocycles. The van der Waals surface area contributed by atoms with Crippen LogP contribution in [0.25, 0.3) is 0 Å². The van der Waals surface area contributed by atoms with Gasteiger partial charge in [0.15, 0.2) is 5.96 Å². The lowest BCUT2D eigenvalue weighted by atomic mass is 9.96. The van der Waals surface area contributed by atoms with Gasteiger partial charge in [-0.1, -0.05) is 0 Å². The highest BCUT2D eigenvalue weighted by atomic mass is 16.5. The Hall–Kier alpha value is -1.56. The molecule has 0 saturated carbocycles. The van der Waals surface area contributed by atoms with E-state index >= 15 is 0 Å². The Morgan fingerprint density at radius 1 is 1.58 bits per heavy atom. The highest BCUT2D eigenvalue weighted by molar-refractivity contribution is 5.80. The number of hydrogen-bond acceptors (Lipinski definition) is 3. The predicted molar refractivity (Wildman–Crippen MR) is 72.8 cm³/mol. The topological polar surface area (TPSA) is 63.5 Å². The maximum Gasteiger partial charge on any atom is 0.191 e. The number of rotatable bonds is 3. The molecule has 6 nitrogen and oxygen atoms in total. The standard InChI is InChI=1S/C13H21N5O/c1-14-13(16-8-12-15-5-6-18(12)2)17-10-7-9-3-4-11(10)19-9/h5-6,9-11H,3-4,7-8H2,1-2H3,(H2,14,16,17). The van der Waals surface area contributed by atoms with Crippen LogP contribution < -0.4 is 10.6 Å². The van der Waals surface area contributed by atoms with Crippen molar-refractivity contribution in [1.82, 2.24) is 20.2 Å². The Balaban J connectivity index is 1.53. The highest BCUT2D eigenvalue weighted by Crippen LogP contribution is 2.34. The molecule has 2 fully saturated rings. The molecule has 2 bridgehead atoms. The lowest BCUT2D eigenvalue weighted by molar-refractivity contribution is 0.0992. The minimum Gasteiger partial charge on any atom is -0.373 e. The molecule has 0 radical (unpaired) electrons. The van der Waals surface area contributed by atoms with Crippen LogP contribution in [0.4, 0.5) is 0 Å². The summed E-state index contributed by atoms with van der Waals surface area (Å²) in [5, 5.41) is 6.75. The van der Waals surface area contributed by atoms with Crippen molar-refractivity contribution in [3.05, 3.63) is 18.2 Å². The summed E-state index contributed by atoms with van der Waals surface area (Å²) in [5.74, 6) is 1.82. The van der Waals surface area contributed by atoms with Crippen molar-refractivity contribution < 1.29 is 4.74 Å². The molecule has 104 valence electrons. The Morgan fingerprint density at radius 2 is 2.47 bits per heavy atom. The lowest BCUT2D eigenvalue weighted by Gasteiger charge is -2.22. The molecule has 3 heterocycles. The summed E-state index contributed by atoms with van der Waals surface area (Å²) in [7, 11) is 3.78. The normalized spacial score (nSPS) is 29.8. The summed E-state index contributed by atoms with van der Waals surface area (Å²) >= 11 is 0. The van der Waals surface area contributed by atoms with Crippen LogP contribution >= 0.6 is 0 Å². The molecule has 6 heteroatoms. The number of aliphatic imine (C=N–C) groups is 1. The van der Waals surface area contributed by atoms with Gasteiger partial charge in [-0.25, -0.2) is 4.98 Å². The Labute approximate surface area is 113 Å². The van der Waals surface area contributed by atoms with Crippen molar-refractivity contribution in [2.75, 3.05) is 7.05 Å². The Bertz CT molecular complexity index is 469. The van der Waals surface area contributed by atoms with Gasteiger partial charge in [0, 0.05) is 26.5 Å². The number of nitrogens with one attached hydrogen (secondary N) is 2. The van der Waals surface area contributed by atoms with Crippen LogP contribution in [0.3, 0.4) is 0 Å². The number of aryl methyl sites for hydroxylation is 1. The Kier molecular flexibility index (Phi) is 3.42. The van der Waals surface area contributed by atoms with Crippen LogP contribution in [0, 0.1) is 0 Å². The number of ether oxygens (including phenoxy) is 1. The average molecular weight is 263 g/mol. The molecule has 3 atom stereocenters. The third-order valence-electron chi connectivity index (χ3n) is 3.99. The average Bonchev–Trinajstić information content (AvgIpc) is 3.11. The molecule has 2 aliphatic heterocycles. The fraction of sp³-hybridized carbons (Fsp3) is 0.692. The van der Waals surface area contributed by atoms with Gasteiger partial charge in [-0.05, 0) is 19.3 Å².